The summed E-state index contributed by atoms with van der Waals surface area (Å²) in [7, 11) is 0. The van der Waals surface area contributed by atoms with Crippen molar-refractivity contribution in [1.82, 2.24) is 19.8 Å². The van der Waals surface area contributed by atoms with Gasteiger partial charge in [0, 0.05) is 13.1 Å². The first-order valence-electron chi connectivity index (χ1n) is 7.54. The highest BCUT2D eigenvalue weighted by Crippen LogP contribution is 2.19. The molecule has 0 bridgehead atoms. The lowest BCUT2D eigenvalue weighted by molar-refractivity contribution is 0.274. The summed E-state index contributed by atoms with van der Waals surface area (Å²) >= 11 is 0. The Hall–Kier alpha value is -1.90. The Morgan fingerprint density at radius 1 is 1.33 bits per heavy atom. The molecule has 0 radical (unpaired) electrons. The van der Waals surface area contributed by atoms with Crippen LogP contribution in [0.2, 0.25) is 0 Å². The number of aromatic nitrogens is 2. The van der Waals surface area contributed by atoms with E-state index in [9.17, 15) is 0 Å². The van der Waals surface area contributed by atoms with Crippen LogP contribution >= 0.6 is 0 Å². The van der Waals surface area contributed by atoms with Crippen molar-refractivity contribution >= 4 is 11.0 Å². The molecule has 3 rings (SSSR count). The molecular weight excluding hydrogens is 262 g/mol. The van der Waals surface area contributed by atoms with Gasteiger partial charge in [-0.3, -0.25) is 4.90 Å². The molecule has 1 aliphatic heterocycles. The zero-order valence-corrected chi connectivity index (χ0v) is 12.5. The molecule has 110 valence electrons. The number of nitrogens with zero attached hydrogens (tertiary/aromatic N) is 4. The van der Waals surface area contributed by atoms with Crippen molar-refractivity contribution in [2.45, 2.75) is 26.4 Å². The van der Waals surface area contributed by atoms with Crippen molar-refractivity contribution in [1.29, 1.82) is 5.26 Å². The molecule has 0 amide bonds. The summed E-state index contributed by atoms with van der Waals surface area (Å²) in [5.74, 6) is 0.999. The number of hydrogen-bond donors (Lipinski definition) is 1. The number of aryl methyl sites for hydroxylation is 1. The monoisotopic (exact) mass is 283 g/mol. The van der Waals surface area contributed by atoms with Crippen molar-refractivity contribution in [2.75, 3.05) is 26.2 Å². The number of benzene rings is 1. The van der Waals surface area contributed by atoms with E-state index < -0.39 is 0 Å². The van der Waals surface area contributed by atoms with E-state index in [4.69, 9.17) is 10.2 Å². The Kier molecular flexibility index (Phi) is 4.18. The summed E-state index contributed by atoms with van der Waals surface area (Å²) in [4.78, 5) is 7.19. The van der Waals surface area contributed by atoms with Crippen molar-refractivity contribution in [3.8, 4) is 6.07 Å². The Morgan fingerprint density at radius 3 is 3.10 bits per heavy atom. The number of rotatable bonds is 3. The lowest BCUT2D eigenvalue weighted by atomic mass is 10.2. The second kappa shape index (κ2) is 6.25. The molecule has 0 aliphatic carbocycles. The van der Waals surface area contributed by atoms with Gasteiger partial charge in [0.05, 0.1) is 23.6 Å². The normalized spacial score (nSPS) is 16.8. The highest BCUT2D eigenvalue weighted by molar-refractivity contribution is 5.77. The molecule has 5 nitrogen and oxygen atoms in total. The average Bonchev–Trinajstić information content (AvgIpc) is 2.65. The van der Waals surface area contributed by atoms with Gasteiger partial charge in [-0.05, 0) is 44.1 Å². The van der Waals surface area contributed by atoms with Gasteiger partial charge in [0.15, 0.2) is 0 Å². The third-order valence-corrected chi connectivity index (χ3v) is 4.01. The van der Waals surface area contributed by atoms with Crippen molar-refractivity contribution < 1.29 is 0 Å². The van der Waals surface area contributed by atoms with Crippen LogP contribution in [-0.4, -0.2) is 40.6 Å². The Bertz CT molecular complexity index is 659. The number of fused-ring (bicyclic) bond motifs is 1. The van der Waals surface area contributed by atoms with E-state index in [1.807, 2.05) is 4.57 Å². The van der Waals surface area contributed by atoms with Gasteiger partial charge in [0.25, 0.3) is 0 Å². The van der Waals surface area contributed by atoms with Gasteiger partial charge in [0.1, 0.15) is 12.4 Å². The maximum absolute atomic E-state index is 9.11. The minimum Gasteiger partial charge on any atom is -0.315 e. The maximum Gasteiger partial charge on any atom is 0.125 e. The summed E-state index contributed by atoms with van der Waals surface area (Å²) in [6, 6.07) is 8.51. The van der Waals surface area contributed by atoms with E-state index in [0.29, 0.717) is 6.54 Å². The van der Waals surface area contributed by atoms with Crippen LogP contribution in [-0.2, 0) is 13.1 Å². The van der Waals surface area contributed by atoms with Gasteiger partial charge in [-0.1, -0.05) is 6.07 Å². The largest absolute Gasteiger partial charge is 0.315 e. The number of nitrogens with one attached hydrogen (secondary N) is 1. The first-order chi connectivity index (χ1) is 10.3. The minimum atomic E-state index is 0.362. The van der Waals surface area contributed by atoms with Crippen LogP contribution in [0.4, 0.5) is 0 Å². The van der Waals surface area contributed by atoms with Crippen LogP contribution in [0.1, 0.15) is 17.8 Å². The van der Waals surface area contributed by atoms with Gasteiger partial charge in [0.2, 0.25) is 0 Å². The van der Waals surface area contributed by atoms with E-state index in [-0.39, 0.29) is 0 Å². The Balaban J connectivity index is 1.92. The first kappa shape index (κ1) is 14.1. The lowest BCUT2D eigenvalue weighted by Crippen LogP contribution is -2.29. The number of imidazole rings is 1. The van der Waals surface area contributed by atoms with E-state index >= 15 is 0 Å². The van der Waals surface area contributed by atoms with E-state index in [1.165, 1.54) is 5.56 Å². The van der Waals surface area contributed by atoms with E-state index in [0.717, 1.165) is 56.0 Å². The smallest absolute Gasteiger partial charge is 0.125 e. The molecular formula is C16H21N5. The second-order valence-corrected chi connectivity index (χ2v) is 5.64. The summed E-state index contributed by atoms with van der Waals surface area (Å²) in [5.41, 5.74) is 3.26. The second-order valence-electron chi connectivity index (χ2n) is 5.64. The lowest BCUT2D eigenvalue weighted by Gasteiger charge is -2.19. The summed E-state index contributed by atoms with van der Waals surface area (Å²) in [5, 5.41) is 12.5. The fourth-order valence-electron chi connectivity index (χ4n) is 2.92. The molecule has 21 heavy (non-hydrogen) atoms. The average molecular weight is 283 g/mol. The summed E-state index contributed by atoms with van der Waals surface area (Å²) in [6.07, 6.45) is 1.16. The SMILES string of the molecule is Cc1ccc2c(c1)nc(CN1CCCNCC1)n2CC#N. The predicted octanol–water partition coefficient (Wildman–Crippen LogP) is 1.66. The molecule has 1 fully saturated rings. The van der Waals surface area contributed by atoms with E-state index in [1.54, 1.807) is 0 Å². The van der Waals surface area contributed by atoms with Gasteiger partial charge in [-0.25, -0.2) is 4.98 Å². The summed E-state index contributed by atoms with van der Waals surface area (Å²) in [6.45, 7) is 7.49. The van der Waals surface area contributed by atoms with Crippen molar-refractivity contribution in [2.24, 2.45) is 0 Å². The van der Waals surface area contributed by atoms with Crippen LogP contribution in [0.15, 0.2) is 18.2 Å². The molecule has 0 spiro atoms. The minimum absolute atomic E-state index is 0.362. The fraction of sp³-hybridized carbons (Fsp3) is 0.500. The van der Waals surface area contributed by atoms with Crippen molar-refractivity contribution in [3.05, 3.63) is 29.6 Å². The Morgan fingerprint density at radius 2 is 2.24 bits per heavy atom. The molecule has 2 heterocycles. The van der Waals surface area contributed by atoms with E-state index in [2.05, 4.69) is 41.4 Å². The fourth-order valence-corrected chi connectivity index (χ4v) is 2.92. The van der Waals surface area contributed by atoms with Crippen molar-refractivity contribution in [3.63, 3.8) is 0 Å². The van der Waals surface area contributed by atoms with Gasteiger partial charge in [-0.2, -0.15) is 5.26 Å². The number of nitriles is 1. The van der Waals surface area contributed by atoms with Crippen LogP contribution < -0.4 is 5.32 Å². The molecule has 0 saturated carbocycles. The molecule has 5 heteroatoms. The highest BCUT2D eigenvalue weighted by Gasteiger charge is 2.15. The molecule has 0 unspecified atom stereocenters. The summed E-state index contributed by atoms with van der Waals surface area (Å²) < 4.78 is 2.05. The molecule has 1 saturated heterocycles. The van der Waals surface area contributed by atoms with Crippen LogP contribution in [0.5, 0.6) is 0 Å². The molecule has 1 aromatic carbocycles. The topological polar surface area (TPSA) is 56.9 Å². The molecule has 1 aliphatic rings. The molecule has 0 atom stereocenters. The van der Waals surface area contributed by atoms with Gasteiger partial charge >= 0.3 is 0 Å². The highest BCUT2D eigenvalue weighted by atomic mass is 15.2. The zero-order valence-electron chi connectivity index (χ0n) is 12.5. The predicted molar refractivity (Wildman–Crippen MR) is 82.8 cm³/mol. The Labute approximate surface area is 125 Å². The van der Waals surface area contributed by atoms with Crippen LogP contribution in [0, 0.1) is 18.3 Å². The third kappa shape index (κ3) is 3.07. The molecule has 1 N–H and O–H groups in total. The molecule has 2 aromatic rings. The van der Waals surface area contributed by atoms with Gasteiger partial charge in [-0.15, -0.1) is 0 Å². The molecule has 1 aromatic heterocycles. The quantitative estimate of drug-likeness (QED) is 0.931. The first-order valence-corrected chi connectivity index (χ1v) is 7.54. The standard InChI is InChI=1S/C16H21N5/c1-13-3-4-15-14(11-13)19-16(21(15)9-5-17)12-20-8-2-6-18-7-10-20/h3-4,11,18H,2,6-10,12H2,1H3. The van der Waals surface area contributed by atoms with Gasteiger partial charge < -0.3 is 9.88 Å². The zero-order chi connectivity index (χ0) is 14.7. The van der Waals surface area contributed by atoms with Crippen LogP contribution in [0.25, 0.3) is 11.0 Å². The maximum atomic E-state index is 9.11. The number of hydrogen-bond acceptors (Lipinski definition) is 4. The third-order valence-electron chi connectivity index (χ3n) is 4.01. The van der Waals surface area contributed by atoms with Crippen LogP contribution in [0.3, 0.4) is 0 Å².